The number of hydrogen-bond acceptors (Lipinski definition) is 7. The Bertz CT molecular complexity index is 1780. The van der Waals surface area contributed by atoms with Crippen LogP contribution in [0.4, 0.5) is 5.69 Å². The number of nitrogens with two attached hydrogens (primary N) is 1. The third-order valence-corrected chi connectivity index (χ3v) is 8.06. The first-order chi connectivity index (χ1) is 20.6. The van der Waals surface area contributed by atoms with E-state index in [1.54, 1.807) is 36.1 Å². The zero-order valence-corrected chi connectivity index (χ0v) is 24.7. The lowest BCUT2D eigenvalue weighted by Crippen LogP contribution is -2.44. The number of hydrogen-bond donors (Lipinski definition) is 2. The van der Waals surface area contributed by atoms with Crippen molar-refractivity contribution in [1.29, 1.82) is 0 Å². The number of aromatic nitrogens is 3. The summed E-state index contributed by atoms with van der Waals surface area (Å²) in [6, 6.07) is 20.2. The number of rotatable bonds is 6. The van der Waals surface area contributed by atoms with Crippen LogP contribution in [-0.2, 0) is 14.3 Å². The van der Waals surface area contributed by atoms with E-state index in [-0.39, 0.29) is 34.9 Å². The predicted molar refractivity (Wildman–Crippen MR) is 164 cm³/mol. The SMILES string of the molecule is CCOC(=O)C1=C(N)N(c2cccc(O)c2)C2=C(C(=O)CC(C)(C)C2)C1c1c(C)nn(-c2ccccc2)c1-n1cccc1. The summed E-state index contributed by atoms with van der Waals surface area (Å²) in [5, 5.41) is 15.3. The monoisotopic (exact) mass is 577 g/mol. The summed E-state index contributed by atoms with van der Waals surface area (Å²) in [5.74, 6) is -0.609. The number of nitrogens with zero attached hydrogens (tertiary/aromatic N) is 4. The van der Waals surface area contributed by atoms with E-state index in [4.69, 9.17) is 15.6 Å². The molecule has 0 spiro atoms. The van der Waals surface area contributed by atoms with Crippen molar-refractivity contribution < 1.29 is 19.4 Å². The van der Waals surface area contributed by atoms with Gasteiger partial charge in [0.2, 0.25) is 0 Å². The van der Waals surface area contributed by atoms with Crippen LogP contribution in [0.3, 0.4) is 0 Å². The average molecular weight is 578 g/mol. The molecule has 0 radical (unpaired) electrons. The Hall–Kier alpha value is -5.05. The number of anilines is 1. The Morgan fingerprint density at radius 2 is 1.74 bits per heavy atom. The Labute approximate surface area is 250 Å². The lowest BCUT2D eigenvalue weighted by atomic mass is 9.68. The number of para-hydroxylation sites is 1. The zero-order valence-electron chi connectivity index (χ0n) is 24.7. The lowest BCUT2D eigenvalue weighted by Gasteiger charge is -2.44. The van der Waals surface area contributed by atoms with Crippen LogP contribution in [0.2, 0.25) is 0 Å². The quantitative estimate of drug-likeness (QED) is 0.284. The van der Waals surface area contributed by atoms with Crippen LogP contribution < -0.4 is 10.6 Å². The maximum Gasteiger partial charge on any atom is 0.338 e. The number of allylic oxidation sites excluding steroid dienone is 2. The Morgan fingerprint density at radius 3 is 2.42 bits per heavy atom. The first kappa shape index (κ1) is 28.1. The molecule has 9 heteroatoms. The van der Waals surface area contributed by atoms with Crippen molar-refractivity contribution in [3.8, 4) is 17.3 Å². The fraction of sp³-hybridized carbons (Fsp3) is 0.265. The molecule has 0 saturated carbocycles. The molecule has 0 fully saturated rings. The number of ketones is 1. The molecule has 4 aromatic rings. The molecular formula is C34H35N5O4. The largest absolute Gasteiger partial charge is 0.508 e. The molecule has 3 N–H and O–H groups in total. The molecular weight excluding hydrogens is 542 g/mol. The first-order valence-electron chi connectivity index (χ1n) is 14.4. The van der Waals surface area contributed by atoms with Crippen molar-refractivity contribution in [2.45, 2.75) is 46.5 Å². The minimum atomic E-state index is -0.832. The van der Waals surface area contributed by atoms with Crippen molar-refractivity contribution in [2.75, 3.05) is 11.5 Å². The van der Waals surface area contributed by atoms with Gasteiger partial charge in [0.25, 0.3) is 0 Å². The fourth-order valence-corrected chi connectivity index (χ4v) is 6.37. The Morgan fingerprint density at radius 1 is 1.05 bits per heavy atom. The summed E-state index contributed by atoms with van der Waals surface area (Å²) in [6.07, 6.45) is 4.66. The fourth-order valence-electron chi connectivity index (χ4n) is 6.37. The summed E-state index contributed by atoms with van der Waals surface area (Å²) < 4.78 is 9.39. The molecule has 1 aliphatic carbocycles. The highest BCUT2D eigenvalue weighted by Crippen LogP contribution is 2.52. The molecule has 1 unspecified atom stereocenters. The number of aryl methyl sites for hydroxylation is 1. The van der Waals surface area contributed by atoms with Crippen LogP contribution in [0, 0.1) is 12.3 Å². The van der Waals surface area contributed by atoms with Crippen molar-refractivity contribution in [3.05, 3.63) is 113 Å². The Balaban J connectivity index is 1.71. The molecule has 2 aliphatic rings. The second kappa shape index (κ2) is 10.7. The molecule has 2 aromatic carbocycles. The number of carbonyl (C=O) groups is 2. The van der Waals surface area contributed by atoms with E-state index in [0.29, 0.717) is 46.9 Å². The second-order valence-corrected chi connectivity index (χ2v) is 11.8. The molecule has 6 rings (SSSR count). The number of ether oxygens (including phenoxy) is 1. The lowest BCUT2D eigenvalue weighted by molar-refractivity contribution is -0.138. The number of esters is 1. The highest BCUT2D eigenvalue weighted by molar-refractivity contribution is 6.06. The molecule has 1 aliphatic heterocycles. The average Bonchev–Trinajstić information content (AvgIpc) is 3.60. The van der Waals surface area contributed by atoms with Gasteiger partial charge in [0.15, 0.2) is 5.78 Å². The van der Waals surface area contributed by atoms with Crippen LogP contribution >= 0.6 is 0 Å². The normalized spacial score (nSPS) is 18.2. The molecule has 1 atom stereocenters. The third kappa shape index (κ3) is 4.80. The van der Waals surface area contributed by atoms with E-state index in [1.165, 1.54) is 0 Å². The molecule has 0 saturated heterocycles. The minimum absolute atomic E-state index is 0.0449. The number of Topliss-reactive ketones (excluding diaryl/α,β-unsaturated/α-hetero) is 1. The third-order valence-electron chi connectivity index (χ3n) is 8.06. The first-order valence-corrected chi connectivity index (χ1v) is 14.4. The van der Waals surface area contributed by atoms with Gasteiger partial charge in [-0.3, -0.25) is 9.69 Å². The molecule has 43 heavy (non-hydrogen) atoms. The highest BCUT2D eigenvalue weighted by atomic mass is 16.5. The smallest absolute Gasteiger partial charge is 0.338 e. The number of benzene rings is 2. The van der Waals surface area contributed by atoms with Crippen LogP contribution in [0.5, 0.6) is 5.75 Å². The summed E-state index contributed by atoms with van der Waals surface area (Å²) in [7, 11) is 0. The van der Waals surface area contributed by atoms with E-state index < -0.39 is 11.9 Å². The van der Waals surface area contributed by atoms with Crippen LogP contribution in [-0.4, -0.2) is 37.8 Å². The van der Waals surface area contributed by atoms with Crippen LogP contribution in [0.15, 0.2) is 102 Å². The van der Waals surface area contributed by atoms with Crippen LogP contribution in [0.25, 0.3) is 11.5 Å². The van der Waals surface area contributed by atoms with E-state index in [0.717, 1.165) is 5.69 Å². The number of aromatic hydroxyl groups is 1. The molecule has 3 heterocycles. The highest BCUT2D eigenvalue weighted by Gasteiger charge is 2.48. The molecule has 9 nitrogen and oxygen atoms in total. The van der Waals surface area contributed by atoms with Gasteiger partial charge in [0.1, 0.15) is 17.4 Å². The van der Waals surface area contributed by atoms with Gasteiger partial charge in [-0.05, 0) is 62.1 Å². The molecule has 0 amide bonds. The van der Waals surface area contributed by atoms with Gasteiger partial charge in [-0.1, -0.05) is 38.1 Å². The van der Waals surface area contributed by atoms with Gasteiger partial charge in [0, 0.05) is 41.7 Å². The summed E-state index contributed by atoms with van der Waals surface area (Å²) in [4.78, 5) is 30.0. The van der Waals surface area contributed by atoms with Crippen LogP contribution in [0.1, 0.15) is 50.8 Å². The van der Waals surface area contributed by atoms with E-state index in [9.17, 15) is 14.7 Å². The van der Waals surface area contributed by atoms with Gasteiger partial charge in [-0.15, -0.1) is 0 Å². The number of phenols is 1. The van der Waals surface area contributed by atoms with Gasteiger partial charge >= 0.3 is 5.97 Å². The maximum atomic E-state index is 14.3. The van der Waals surface area contributed by atoms with E-state index >= 15 is 0 Å². The van der Waals surface area contributed by atoms with Crippen molar-refractivity contribution >= 4 is 17.4 Å². The number of phenolic OH excluding ortho intramolecular Hbond substituents is 1. The maximum absolute atomic E-state index is 14.3. The second-order valence-electron chi connectivity index (χ2n) is 11.8. The van der Waals surface area contributed by atoms with E-state index in [1.807, 2.05) is 71.0 Å². The molecule has 2 aromatic heterocycles. The molecule has 220 valence electrons. The van der Waals surface area contributed by atoms with Crippen molar-refractivity contribution in [3.63, 3.8) is 0 Å². The Kier molecular flexibility index (Phi) is 6.96. The standard InChI is InChI=1S/C34H35N5O4/c1-5-43-33(42)30-29(27-21(2)36-39(22-12-7-6-8-13-22)32(27)37-16-9-10-17-37)28-25(19-34(3,4)20-26(28)41)38(31(30)35)23-14-11-15-24(40)18-23/h6-18,29,40H,5,19-20,35H2,1-4H3. The van der Waals surface area contributed by atoms with Crippen molar-refractivity contribution in [1.82, 2.24) is 14.3 Å². The van der Waals surface area contributed by atoms with Gasteiger partial charge < -0.3 is 20.1 Å². The predicted octanol–water partition coefficient (Wildman–Crippen LogP) is 5.66. The number of carbonyl (C=O) groups excluding carboxylic acids is 2. The van der Waals surface area contributed by atoms with Crippen molar-refractivity contribution in [2.24, 2.45) is 11.1 Å². The topological polar surface area (TPSA) is 116 Å². The minimum Gasteiger partial charge on any atom is -0.508 e. The zero-order chi connectivity index (χ0) is 30.5. The summed E-state index contributed by atoms with van der Waals surface area (Å²) >= 11 is 0. The van der Waals surface area contributed by atoms with Gasteiger partial charge in [-0.25, -0.2) is 9.48 Å². The van der Waals surface area contributed by atoms with Gasteiger partial charge in [-0.2, -0.15) is 5.10 Å². The summed E-state index contributed by atoms with van der Waals surface area (Å²) in [6.45, 7) is 7.86. The molecule has 0 bridgehead atoms. The summed E-state index contributed by atoms with van der Waals surface area (Å²) in [5.41, 5.74) is 10.7. The van der Waals surface area contributed by atoms with Gasteiger partial charge in [0.05, 0.1) is 35.2 Å². The van der Waals surface area contributed by atoms with E-state index in [2.05, 4.69) is 13.8 Å².